The highest BCUT2D eigenvalue weighted by Gasteiger charge is 2.26. The van der Waals surface area contributed by atoms with Crippen LogP contribution >= 0.6 is 0 Å². The van der Waals surface area contributed by atoms with Crippen LogP contribution in [0.25, 0.3) is 0 Å². The molecule has 1 amide bonds. The third-order valence-corrected chi connectivity index (χ3v) is 5.53. The summed E-state index contributed by atoms with van der Waals surface area (Å²) in [5, 5.41) is 9.80. The summed E-state index contributed by atoms with van der Waals surface area (Å²) >= 11 is 0. The largest absolute Gasteiger partial charge is 0.378 e. The molecule has 0 radical (unpaired) electrons. The lowest BCUT2D eigenvalue weighted by atomic mass is 10.0. The van der Waals surface area contributed by atoms with Crippen molar-refractivity contribution in [2.24, 2.45) is 0 Å². The van der Waals surface area contributed by atoms with Crippen LogP contribution in [0.4, 0.5) is 0 Å². The number of piperidine rings is 1. The number of carbonyl (C=O) groups is 1. The van der Waals surface area contributed by atoms with E-state index < -0.39 is 5.60 Å². The molecule has 1 aliphatic heterocycles. The van der Waals surface area contributed by atoms with E-state index in [0.717, 1.165) is 44.5 Å². The Morgan fingerprint density at radius 3 is 2.70 bits per heavy atom. The molecule has 2 aromatic rings. The highest BCUT2D eigenvalue weighted by molar-refractivity contribution is 5.94. The van der Waals surface area contributed by atoms with Crippen LogP contribution in [-0.4, -0.2) is 59.1 Å². The molecule has 2 aromatic carbocycles. The van der Waals surface area contributed by atoms with Crippen molar-refractivity contribution in [1.82, 2.24) is 9.80 Å². The number of likely N-dealkylation sites (tertiary alicyclic amines) is 1. The van der Waals surface area contributed by atoms with Crippen LogP contribution in [0.2, 0.25) is 0 Å². The van der Waals surface area contributed by atoms with Crippen molar-refractivity contribution < 1.29 is 9.90 Å². The van der Waals surface area contributed by atoms with Crippen LogP contribution in [0.3, 0.4) is 0 Å². The maximum atomic E-state index is 13.1. The van der Waals surface area contributed by atoms with Crippen molar-refractivity contribution in [2.45, 2.75) is 44.8 Å². The van der Waals surface area contributed by atoms with E-state index in [0.29, 0.717) is 5.56 Å². The van der Waals surface area contributed by atoms with Crippen LogP contribution in [-0.2, 0) is 6.42 Å². The molecule has 0 aromatic heterocycles. The summed E-state index contributed by atoms with van der Waals surface area (Å²) in [4.78, 5) is 17.4. The van der Waals surface area contributed by atoms with Crippen LogP contribution < -0.4 is 0 Å². The molecule has 0 aliphatic carbocycles. The predicted octanol–water partition coefficient (Wildman–Crippen LogP) is 3.59. The molecule has 0 saturated carbocycles. The highest BCUT2D eigenvalue weighted by atomic mass is 16.3. The van der Waals surface area contributed by atoms with Crippen molar-refractivity contribution >= 4 is 5.91 Å². The van der Waals surface area contributed by atoms with Crippen molar-refractivity contribution in [3.63, 3.8) is 0 Å². The molecular weight excluding hydrogens is 372 g/mol. The van der Waals surface area contributed by atoms with Crippen molar-refractivity contribution in [2.75, 3.05) is 26.7 Å². The molecule has 0 spiro atoms. The van der Waals surface area contributed by atoms with Crippen LogP contribution in [0.15, 0.2) is 54.6 Å². The van der Waals surface area contributed by atoms with Gasteiger partial charge in [-0.05, 0) is 63.4 Å². The fourth-order valence-corrected chi connectivity index (χ4v) is 3.81. The van der Waals surface area contributed by atoms with Gasteiger partial charge in [-0.15, -0.1) is 0 Å². The Bertz CT molecular complexity index is 906. The summed E-state index contributed by atoms with van der Waals surface area (Å²) in [7, 11) is 1.91. The summed E-state index contributed by atoms with van der Waals surface area (Å²) in [5.74, 6) is 5.79. The van der Waals surface area contributed by atoms with E-state index in [-0.39, 0.29) is 11.9 Å². The first-order chi connectivity index (χ1) is 14.3. The molecule has 0 bridgehead atoms. The number of carbonyl (C=O) groups excluding carboxylic acids is 1. The third kappa shape index (κ3) is 6.45. The van der Waals surface area contributed by atoms with Crippen LogP contribution in [0, 0.1) is 11.8 Å². The van der Waals surface area contributed by atoms with E-state index in [2.05, 4.69) is 41.0 Å². The van der Waals surface area contributed by atoms with Crippen LogP contribution in [0.1, 0.15) is 48.2 Å². The summed E-state index contributed by atoms with van der Waals surface area (Å²) in [6, 6.07) is 18.1. The van der Waals surface area contributed by atoms with Gasteiger partial charge in [0.2, 0.25) is 0 Å². The zero-order valence-electron chi connectivity index (χ0n) is 18.3. The summed E-state index contributed by atoms with van der Waals surface area (Å²) in [6.07, 6.45) is 3.17. The second-order valence-electron chi connectivity index (χ2n) is 8.64. The fourth-order valence-electron chi connectivity index (χ4n) is 3.81. The summed E-state index contributed by atoms with van der Waals surface area (Å²) in [6.45, 7) is 6.32. The van der Waals surface area contributed by atoms with Gasteiger partial charge in [0.05, 0.1) is 0 Å². The monoisotopic (exact) mass is 404 g/mol. The fraction of sp³-hybridized carbons (Fsp3) is 0.423. The first-order valence-electron chi connectivity index (χ1n) is 10.7. The standard InChI is InChI=1S/C26H32N2O2/c1-26(2,30)16-14-22-11-7-12-23(19-22)25(29)27(3)24-13-8-17-28(20-24)18-15-21-9-5-4-6-10-21/h4-7,9-12,19,24,30H,8,13,15,17-18,20H2,1-3H3/t24-/m1/s1. The Morgan fingerprint density at radius 1 is 1.20 bits per heavy atom. The average Bonchev–Trinajstić information content (AvgIpc) is 2.76. The molecule has 1 saturated heterocycles. The molecule has 4 heteroatoms. The van der Waals surface area contributed by atoms with Gasteiger partial charge in [-0.3, -0.25) is 4.79 Å². The molecule has 1 atom stereocenters. The summed E-state index contributed by atoms with van der Waals surface area (Å²) < 4.78 is 0. The molecule has 1 N–H and O–H groups in total. The topological polar surface area (TPSA) is 43.8 Å². The highest BCUT2D eigenvalue weighted by Crippen LogP contribution is 2.18. The number of nitrogens with zero attached hydrogens (tertiary/aromatic N) is 2. The van der Waals surface area contributed by atoms with E-state index in [1.165, 1.54) is 5.56 Å². The number of benzene rings is 2. The maximum Gasteiger partial charge on any atom is 0.253 e. The van der Waals surface area contributed by atoms with Gasteiger partial charge in [0.1, 0.15) is 5.60 Å². The molecule has 1 aliphatic rings. The predicted molar refractivity (Wildman–Crippen MR) is 121 cm³/mol. The molecule has 1 fully saturated rings. The van der Waals surface area contributed by atoms with Crippen molar-refractivity contribution in [1.29, 1.82) is 0 Å². The Balaban J connectivity index is 1.61. The lowest BCUT2D eigenvalue weighted by Gasteiger charge is -2.37. The number of aliphatic hydroxyl groups is 1. The van der Waals surface area contributed by atoms with Gasteiger partial charge in [-0.2, -0.15) is 0 Å². The Kier molecular flexibility index (Phi) is 7.31. The minimum Gasteiger partial charge on any atom is -0.378 e. The van der Waals surface area contributed by atoms with E-state index >= 15 is 0 Å². The normalized spacial score (nSPS) is 17.1. The Morgan fingerprint density at radius 2 is 1.97 bits per heavy atom. The van der Waals surface area contributed by atoms with E-state index in [1.54, 1.807) is 13.8 Å². The van der Waals surface area contributed by atoms with Gasteiger partial charge in [-0.25, -0.2) is 0 Å². The number of rotatable bonds is 5. The van der Waals surface area contributed by atoms with Crippen LogP contribution in [0.5, 0.6) is 0 Å². The van der Waals surface area contributed by atoms with Crippen molar-refractivity contribution in [3.8, 4) is 11.8 Å². The lowest BCUT2D eigenvalue weighted by Crippen LogP contribution is -2.49. The van der Waals surface area contributed by atoms with Gasteiger partial charge in [0.25, 0.3) is 5.91 Å². The van der Waals surface area contributed by atoms with Gasteiger partial charge in [0, 0.05) is 37.3 Å². The maximum absolute atomic E-state index is 13.1. The zero-order chi connectivity index (χ0) is 21.6. The Hall–Kier alpha value is -2.61. The SMILES string of the molecule is CN(C(=O)c1cccc(C#CC(C)(C)O)c1)[C@@H]1CCCN(CCc2ccccc2)C1. The van der Waals surface area contributed by atoms with E-state index in [9.17, 15) is 9.90 Å². The van der Waals surface area contributed by atoms with Crippen molar-refractivity contribution in [3.05, 3.63) is 71.3 Å². The molecule has 158 valence electrons. The lowest BCUT2D eigenvalue weighted by molar-refractivity contribution is 0.0619. The Labute approximate surface area is 180 Å². The third-order valence-electron chi connectivity index (χ3n) is 5.53. The minimum absolute atomic E-state index is 0.0248. The number of hydrogen-bond donors (Lipinski definition) is 1. The summed E-state index contributed by atoms with van der Waals surface area (Å²) in [5.41, 5.74) is 1.68. The quantitative estimate of drug-likeness (QED) is 0.775. The second kappa shape index (κ2) is 9.93. The second-order valence-corrected chi connectivity index (χ2v) is 8.64. The molecule has 30 heavy (non-hydrogen) atoms. The van der Waals surface area contributed by atoms with Gasteiger partial charge < -0.3 is 14.9 Å². The van der Waals surface area contributed by atoms with Gasteiger partial charge in [0.15, 0.2) is 0 Å². The van der Waals surface area contributed by atoms with Gasteiger partial charge in [-0.1, -0.05) is 48.2 Å². The first kappa shape index (κ1) is 22.1. The molecule has 3 rings (SSSR count). The average molecular weight is 405 g/mol. The van der Waals surface area contributed by atoms with Gasteiger partial charge >= 0.3 is 0 Å². The first-order valence-corrected chi connectivity index (χ1v) is 10.7. The molecule has 4 nitrogen and oxygen atoms in total. The zero-order valence-corrected chi connectivity index (χ0v) is 18.3. The van der Waals surface area contributed by atoms with E-state index in [1.807, 2.05) is 42.3 Å². The molecule has 1 heterocycles. The molecule has 0 unspecified atom stereocenters. The smallest absolute Gasteiger partial charge is 0.253 e. The minimum atomic E-state index is -1.05. The molecular formula is C26H32N2O2. The number of likely N-dealkylation sites (N-methyl/N-ethyl adjacent to an activating group) is 1. The number of amides is 1. The number of hydrogen-bond acceptors (Lipinski definition) is 3. The van der Waals surface area contributed by atoms with E-state index in [4.69, 9.17) is 0 Å².